The van der Waals surface area contributed by atoms with Crippen molar-refractivity contribution >= 4 is 40.4 Å². The van der Waals surface area contributed by atoms with Crippen LogP contribution in [0, 0.1) is 3.57 Å². The number of anilines is 1. The van der Waals surface area contributed by atoms with Crippen LogP contribution in [0.15, 0.2) is 18.3 Å². The van der Waals surface area contributed by atoms with Crippen molar-refractivity contribution in [3.8, 4) is 17.2 Å². The van der Waals surface area contributed by atoms with E-state index in [4.69, 9.17) is 15.2 Å². The van der Waals surface area contributed by atoms with Gasteiger partial charge in [0.1, 0.15) is 11.5 Å². The van der Waals surface area contributed by atoms with Gasteiger partial charge in [0.15, 0.2) is 11.4 Å². The van der Waals surface area contributed by atoms with E-state index in [0.717, 1.165) is 27.7 Å². The van der Waals surface area contributed by atoms with Gasteiger partial charge in [-0.25, -0.2) is 9.97 Å². The quantitative estimate of drug-likeness (QED) is 0.486. The zero-order valence-corrected chi connectivity index (χ0v) is 19.1. The molecule has 1 aromatic heterocycles. The average Bonchev–Trinajstić information content (AvgIpc) is 2.67. The number of unbranched alkanes of at least 4 members (excludes halogenated alkanes) is 1. The molecule has 0 bridgehead atoms. The lowest BCUT2D eigenvalue weighted by Gasteiger charge is -2.17. The molecule has 8 nitrogen and oxygen atoms in total. The van der Waals surface area contributed by atoms with Crippen LogP contribution in [-0.4, -0.2) is 28.9 Å². The monoisotopic (exact) mass is 512 g/mol. The summed E-state index contributed by atoms with van der Waals surface area (Å²) in [6.45, 7) is 6.04. The Hall–Kier alpha value is -2.43. The second-order valence-corrected chi connectivity index (χ2v) is 7.87. The molecule has 0 aliphatic rings. The molecule has 2 amide bonds. The fourth-order valence-corrected chi connectivity index (χ4v) is 3.23. The summed E-state index contributed by atoms with van der Waals surface area (Å²) in [5.74, 6) is 0.566. The first-order valence-electron chi connectivity index (χ1n) is 9.28. The standard InChI is InChI=1S/C20H25IN4O4/c1-5-6-7-17(26)24-20-23-10-16(18(25-20)19(22)27)29-14-9-13(21)15(28-4)8-12(14)11(2)3/h8-11H,5-7H2,1-4H3,(H2,22,27)(H,23,24,25,26). The fourth-order valence-electron chi connectivity index (χ4n) is 2.57. The number of nitrogens with one attached hydrogen (secondary N) is 1. The maximum absolute atomic E-state index is 11.9. The lowest BCUT2D eigenvalue weighted by molar-refractivity contribution is -0.116. The molecule has 0 fully saturated rings. The molecule has 0 aliphatic carbocycles. The predicted octanol–water partition coefficient (Wildman–Crippen LogP) is 4.23. The molecule has 0 aliphatic heterocycles. The van der Waals surface area contributed by atoms with Crippen LogP contribution in [0.1, 0.15) is 62.0 Å². The number of carbonyl (C=O) groups excluding carboxylic acids is 2. The SMILES string of the molecule is CCCCC(=O)Nc1ncc(Oc2cc(I)c(OC)cc2C(C)C)c(C(N)=O)n1. The van der Waals surface area contributed by atoms with Gasteiger partial charge in [-0.15, -0.1) is 0 Å². The summed E-state index contributed by atoms with van der Waals surface area (Å²) in [5, 5.41) is 2.57. The van der Waals surface area contributed by atoms with E-state index in [1.165, 1.54) is 6.20 Å². The number of hydrogen-bond donors (Lipinski definition) is 2. The third-order valence-corrected chi connectivity index (χ3v) is 4.97. The molecule has 3 N–H and O–H groups in total. The van der Waals surface area contributed by atoms with Crippen LogP contribution in [0.5, 0.6) is 17.2 Å². The molecular formula is C20H25IN4O4. The summed E-state index contributed by atoms with van der Waals surface area (Å²) in [7, 11) is 1.61. The Labute approximate surface area is 183 Å². The number of nitrogens with zero attached hydrogens (tertiary/aromatic N) is 2. The molecule has 2 aromatic rings. The van der Waals surface area contributed by atoms with E-state index in [-0.39, 0.29) is 29.2 Å². The maximum atomic E-state index is 11.9. The van der Waals surface area contributed by atoms with E-state index in [1.807, 2.05) is 32.9 Å². The van der Waals surface area contributed by atoms with Crippen molar-refractivity contribution < 1.29 is 19.1 Å². The molecule has 0 unspecified atom stereocenters. The normalized spacial score (nSPS) is 10.7. The number of halogens is 1. The minimum absolute atomic E-state index is 0.0145. The molecule has 1 heterocycles. The van der Waals surface area contributed by atoms with E-state index in [1.54, 1.807) is 7.11 Å². The van der Waals surface area contributed by atoms with Crippen LogP contribution in [0.4, 0.5) is 5.95 Å². The zero-order valence-electron chi connectivity index (χ0n) is 16.9. The van der Waals surface area contributed by atoms with Gasteiger partial charge in [0.2, 0.25) is 11.9 Å². The number of primary amides is 1. The predicted molar refractivity (Wildman–Crippen MR) is 119 cm³/mol. The number of amides is 2. The van der Waals surface area contributed by atoms with Crippen molar-refractivity contribution in [2.24, 2.45) is 5.73 Å². The molecule has 2 rings (SSSR count). The molecular weight excluding hydrogens is 487 g/mol. The van der Waals surface area contributed by atoms with E-state index >= 15 is 0 Å². The number of methoxy groups -OCH3 is 1. The lowest BCUT2D eigenvalue weighted by Crippen LogP contribution is -2.19. The molecule has 0 saturated carbocycles. The summed E-state index contributed by atoms with van der Waals surface area (Å²) < 4.78 is 12.2. The van der Waals surface area contributed by atoms with E-state index in [2.05, 4.69) is 37.9 Å². The van der Waals surface area contributed by atoms with E-state index < -0.39 is 5.91 Å². The number of hydrogen-bond acceptors (Lipinski definition) is 6. The number of nitrogens with two attached hydrogens (primary N) is 1. The Morgan fingerprint density at radius 1 is 1.24 bits per heavy atom. The minimum atomic E-state index is -0.777. The summed E-state index contributed by atoms with van der Waals surface area (Å²) in [6.07, 6.45) is 3.34. The van der Waals surface area contributed by atoms with E-state index in [0.29, 0.717) is 12.2 Å². The molecule has 9 heteroatoms. The third-order valence-electron chi connectivity index (χ3n) is 4.12. The summed E-state index contributed by atoms with van der Waals surface area (Å²) in [6, 6.07) is 3.72. The van der Waals surface area contributed by atoms with Gasteiger partial charge in [0.05, 0.1) is 16.9 Å². The average molecular weight is 512 g/mol. The topological polar surface area (TPSA) is 116 Å². The van der Waals surface area contributed by atoms with Crippen LogP contribution in [0.2, 0.25) is 0 Å². The third kappa shape index (κ3) is 6.02. The van der Waals surface area contributed by atoms with Gasteiger partial charge in [-0.3, -0.25) is 14.9 Å². The smallest absolute Gasteiger partial charge is 0.271 e. The summed E-state index contributed by atoms with van der Waals surface area (Å²) >= 11 is 2.14. The van der Waals surface area contributed by atoms with Crippen LogP contribution in [-0.2, 0) is 4.79 Å². The van der Waals surface area contributed by atoms with Crippen molar-refractivity contribution in [2.45, 2.75) is 46.0 Å². The Bertz CT molecular complexity index is 902. The van der Waals surface area contributed by atoms with Gasteiger partial charge in [0, 0.05) is 12.0 Å². The van der Waals surface area contributed by atoms with Gasteiger partial charge in [0.25, 0.3) is 5.91 Å². The van der Waals surface area contributed by atoms with Crippen molar-refractivity contribution in [2.75, 3.05) is 12.4 Å². The van der Waals surface area contributed by atoms with Gasteiger partial charge in [-0.05, 0) is 47.1 Å². The highest BCUT2D eigenvalue weighted by Crippen LogP contribution is 2.37. The maximum Gasteiger partial charge on any atom is 0.271 e. The van der Waals surface area contributed by atoms with Crippen LogP contribution in [0.25, 0.3) is 0 Å². The number of aromatic nitrogens is 2. The second-order valence-electron chi connectivity index (χ2n) is 6.70. The van der Waals surface area contributed by atoms with Crippen molar-refractivity contribution in [1.82, 2.24) is 9.97 Å². The zero-order chi connectivity index (χ0) is 21.6. The van der Waals surface area contributed by atoms with E-state index in [9.17, 15) is 9.59 Å². The summed E-state index contributed by atoms with van der Waals surface area (Å²) in [4.78, 5) is 32.0. The van der Waals surface area contributed by atoms with Crippen LogP contribution in [0.3, 0.4) is 0 Å². The Kier molecular flexibility index (Phi) is 8.18. The molecule has 1 aromatic carbocycles. The molecule has 0 atom stereocenters. The molecule has 29 heavy (non-hydrogen) atoms. The molecule has 156 valence electrons. The molecule has 0 saturated heterocycles. The van der Waals surface area contributed by atoms with Crippen LogP contribution >= 0.6 is 22.6 Å². The highest BCUT2D eigenvalue weighted by molar-refractivity contribution is 14.1. The number of carbonyl (C=O) groups is 2. The Morgan fingerprint density at radius 2 is 1.97 bits per heavy atom. The van der Waals surface area contributed by atoms with Gasteiger partial charge < -0.3 is 15.2 Å². The Morgan fingerprint density at radius 3 is 2.55 bits per heavy atom. The molecule has 0 radical (unpaired) electrons. The lowest BCUT2D eigenvalue weighted by atomic mass is 10.0. The largest absolute Gasteiger partial charge is 0.496 e. The Balaban J connectivity index is 2.37. The number of ether oxygens (including phenoxy) is 2. The van der Waals surface area contributed by atoms with Gasteiger partial charge >= 0.3 is 0 Å². The summed E-state index contributed by atoms with van der Waals surface area (Å²) in [5.41, 5.74) is 6.27. The molecule has 0 spiro atoms. The number of benzene rings is 1. The second kappa shape index (κ2) is 10.4. The first-order chi connectivity index (χ1) is 13.8. The number of rotatable bonds is 9. The van der Waals surface area contributed by atoms with Crippen molar-refractivity contribution in [3.63, 3.8) is 0 Å². The first-order valence-corrected chi connectivity index (χ1v) is 10.4. The highest BCUT2D eigenvalue weighted by atomic mass is 127. The van der Waals surface area contributed by atoms with Crippen molar-refractivity contribution in [1.29, 1.82) is 0 Å². The highest BCUT2D eigenvalue weighted by Gasteiger charge is 2.19. The first kappa shape index (κ1) is 22.9. The van der Waals surface area contributed by atoms with Gasteiger partial charge in [-0.2, -0.15) is 0 Å². The van der Waals surface area contributed by atoms with Gasteiger partial charge in [-0.1, -0.05) is 27.2 Å². The van der Waals surface area contributed by atoms with Crippen molar-refractivity contribution in [3.05, 3.63) is 33.2 Å². The minimum Gasteiger partial charge on any atom is -0.496 e. The fraction of sp³-hybridized carbons (Fsp3) is 0.400. The van der Waals surface area contributed by atoms with Crippen LogP contribution < -0.4 is 20.5 Å².